The maximum absolute atomic E-state index is 12.3. The second-order valence-electron chi connectivity index (χ2n) is 6.93. The number of ether oxygens (including phenoxy) is 1. The van der Waals surface area contributed by atoms with E-state index in [0.29, 0.717) is 4.24 Å². The van der Waals surface area contributed by atoms with Gasteiger partial charge in [0.15, 0.2) is 17.9 Å². The molecule has 4 rings (SSSR count). The lowest BCUT2D eigenvalue weighted by Gasteiger charge is -2.43. The third-order valence-corrected chi connectivity index (χ3v) is 8.04. The minimum absolute atomic E-state index is 0.00865. The molecule has 0 bridgehead atoms. The Morgan fingerprint density at radius 1 is 1.50 bits per heavy atom. The van der Waals surface area contributed by atoms with Crippen LogP contribution < -0.4 is 4.57 Å². The normalized spacial score (nSPS) is 26.8. The van der Waals surface area contributed by atoms with E-state index in [0.717, 1.165) is 18.7 Å². The van der Waals surface area contributed by atoms with Gasteiger partial charge in [-0.05, 0) is 6.92 Å². The van der Waals surface area contributed by atoms with Gasteiger partial charge in [-0.2, -0.15) is 0 Å². The molecule has 4 atom stereocenters. The summed E-state index contributed by atoms with van der Waals surface area (Å²) in [5, 5.41) is 19.1. The first-order valence-electron chi connectivity index (χ1n) is 8.79. The topological polar surface area (TPSA) is 113 Å². The Kier molecular flexibility index (Phi) is 4.92. The molecule has 0 radical (unpaired) electrons. The number of imidazole rings is 1. The molecule has 1 aromatic rings. The second-order valence-corrected chi connectivity index (χ2v) is 9.53. The van der Waals surface area contributed by atoms with Gasteiger partial charge in [0.1, 0.15) is 11.6 Å². The lowest BCUT2D eigenvalue weighted by atomic mass is 9.92. The van der Waals surface area contributed by atoms with E-state index in [4.69, 9.17) is 4.74 Å². The lowest BCUT2D eigenvalue weighted by molar-refractivity contribution is -0.685. The van der Waals surface area contributed by atoms with Crippen molar-refractivity contribution in [3.8, 4) is 0 Å². The monoisotopic (exact) mass is 426 g/mol. The SMILES string of the molecule is COC(=O)C[n+]1cc2n(c1)CCC2SC1=C(C(=O)O)N2C(=O)[C@H](C(C)O)[C@H]2S1. The van der Waals surface area contributed by atoms with Gasteiger partial charge in [0.25, 0.3) is 0 Å². The molecule has 2 N–H and O–H groups in total. The molecule has 1 fully saturated rings. The van der Waals surface area contributed by atoms with Gasteiger partial charge < -0.3 is 14.9 Å². The Bertz CT molecular complexity index is 895. The van der Waals surface area contributed by atoms with E-state index < -0.39 is 18.0 Å². The van der Waals surface area contributed by atoms with Gasteiger partial charge in [0, 0.05) is 6.42 Å². The molecular formula is C17H20N3O6S2+. The van der Waals surface area contributed by atoms with Crippen LogP contribution in [0, 0.1) is 5.92 Å². The zero-order valence-corrected chi connectivity index (χ0v) is 16.9. The summed E-state index contributed by atoms with van der Waals surface area (Å²) in [5.74, 6) is -2.39. The number of aliphatic hydroxyl groups is 1. The van der Waals surface area contributed by atoms with Crippen molar-refractivity contribution >= 4 is 41.4 Å². The highest BCUT2D eigenvalue weighted by Gasteiger charge is 2.58. The van der Waals surface area contributed by atoms with E-state index in [-0.39, 0.29) is 34.7 Å². The molecule has 2 unspecified atom stereocenters. The van der Waals surface area contributed by atoms with Crippen LogP contribution in [0.5, 0.6) is 0 Å². The van der Waals surface area contributed by atoms with Gasteiger partial charge in [0.05, 0.1) is 35.2 Å². The molecule has 3 aliphatic rings. The number of hydrogen-bond acceptors (Lipinski definition) is 7. The molecule has 11 heteroatoms. The Balaban J connectivity index is 1.55. The van der Waals surface area contributed by atoms with E-state index in [2.05, 4.69) is 0 Å². The number of carbonyl (C=O) groups excluding carboxylic acids is 2. The number of amides is 1. The number of aryl methyl sites for hydroxylation is 1. The number of rotatable bonds is 6. The van der Waals surface area contributed by atoms with E-state index in [1.165, 1.54) is 35.5 Å². The van der Waals surface area contributed by atoms with E-state index in [1.54, 1.807) is 11.5 Å². The highest BCUT2D eigenvalue weighted by Crippen LogP contribution is 2.57. The van der Waals surface area contributed by atoms with Gasteiger partial charge in [0.2, 0.25) is 12.2 Å². The fourth-order valence-corrected chi connectivity index (χ4v) is 7.05. The van der Waals surface area contributed by atoms with Crippen molar-refractivity contribution in [3.05, 3.63) is 28.2 Å². The van der Waals surface area contributed by atoms with Gasteiger partial charge in [-0.1, -0.05) is 11.8 Å². The number of aromatic nitrogens is 2. The largest absolute Gasteiger partial charge is 0.477 e. The van der Waals surface area contributed by atoms with Crippen LogP contribution in [0.25, 0.3) is 0 Å². The zero-order chi connectivity index (χ0) is 20.2. The molecule has 0 spiro atoms. The molecule has 0 aromatic carbocycles. The minimum Gasteiger partial charge on any atom is -0.477 e. The number of hydrogen-bond donors (Lipinski definition) is 2. The van der Waals surface area contributed by atoms with Gasteiger partial charge in [-0.3, -0.25) is 9.69 Å². The highest BCUT2D eigenvalue weighted by atomic mass is 32.2. The summed E-state index contributed by atoms with van der Waals surface area (Å²) < 4.78 is 9.08. The predicted molar refractivity (Wildman–Crippen MR) is 99.6 cm³/mol. The van der Waals surface area contributed by atoms with Crippen LogP contribution >= 0.6 is 23.5 Å². The number of carboxylic acids is 1. The third kappa shape index (κ3) is 3.01. The molecule has 1 amide bonds. The van der Waals surface area contributed by atoms with Crippen LogP contribution in [0.4, 0.5) is 0 Å². The molecule has 28 heavy (non-hydrogen) atoms. The van der Waals surface area contributed by atoms with Crippen LogP contribution in [-0.2, 0) is 32.2 Å². The summed E-state index contributed by atoms with van der Waals surface area (Å²) in [5.41, 5.74) is 1.01. The average Bonchev–Trinajstić information content (AvgIpc) is 3.27. The van der Waals surface area contributed by atoms with Crippen molar-refractivity contribution in [2.24, 2.45) is 5.92 Å². The number of fused-ring (bicyclic) bond motifs is 2. The smallest absolute Gasteiger partial charge is 0.354 e. The molecule has 1 saturated heterocycles. The number of methoxy groups -OCH3 is 1. The number of nitrogens with zero attached hydrogens (tertiary/aromatic N) is 3. The molecule has 0 saturated carbocycles. The Labute approximate surface area is 169 Å². The molecular weight excluding hydrogens is 406 g/mol. The molecule has 0 aliphatic carbocycles. The number of aliphatic hydroxyl groups excluding tert-OH is 1. The van der Waals surface area contributed by atoms with Gasteiger partial charge >= 0.3 is 11.9 Å². The number of carboxylic acid groups (broad SMARTS) is 1. The molecule has 3 aliphatic heterocycles. The lowest BCUT2D eigenvalue weighted by Crippen LogP contribution is -2.60. The van der Waals surface area contributed by atoms with Crippen molar-refractivity contribution in [3.63, 3.8) is 0 Å². The highest BCUT2D eigenvalue weighted by molar-refractivity contribution is 8.22. The fraction of sp³-hybridized carbons (Fsp3) is 0.529. The average molecular weight is 426 g/mol. The van der Waals surface area contributed by atoms with Crippen molar-refractivity contribution in [1.82, 2.24) is 9.47 Å². The fourth-order valence-electron chi connectivity index (χ4n) is 3.76. The number of aliphatic carboxylic acids is 1. The summed E-state index contributed by atoms with van der Waals surface area (Å²) >= 11 is 2.77. The summed E-state index contributed by atoms with van der Waals surface area (Å²) in [6.45, 7) is 2.44. The number of thioether (sulfide) groups is 2. The Hall–Kier alpha value is -1.98. The van der Waals surface area contributed by atoms with Crippen LogP contribution in [0.3, 0.4) is 0 Å². The summed E-state index contributed by atoms with van der Waals surface area (Å²) in [6.07, 6.45) is 3.73. The quantitative estimate of drug-likeness (QED) is 0.379. The molecule has 1 aromatic heterocycles. The van der Waals surface area contributed by atoms with Crippen molar-refractivity contribution in [2.75, 3.05) is 7.11 Å². The van der Waals surface area contributed by atoms with Crippen LogP contribution in [0.1, 0.15) is 24.3 Å². The standard InChI is InChI=1S/C17H19N3O6S2/c1-8(21)12-14(23)20-13(16(24)25)17(28-15(12)20)27-10-3-4-19-7-18(5-9(10)19)6-11(22)26-2/h5,7-8,10,12,15,21H,3-4,6H2,1-2H3/p+1/t8?,10?,12-,15+/m0/s1. The van der Waals surface area contributed by atoms with Gasteiger partial charge in [-0.25, -0.2) is 18.7 Å². The third-order valence-electron chi connectivity index (χ3n) is 5.14. The zero-order valence-electron chi connectivity index (χ0n) is 15.3. The predicted octanol–water partition coefficient (Wildman–Crippen LogP) is 0.292. The van der Waals surface area contributed by atoms with Crippen molar-refractivity contribution in [2.45, 2.75) is 43.2 Å². The molecule has 9 nitrogen and oxygen atoms in total. The van der Waals surface area contributed by atoms with Crippen LogP contribution in [0.15, 0.2) is 22.5 Å². The van der Waals surface area contributed by atoms with Gasteiger partial charge in [-0.15, -0.1) is 11.8 Å². The van der Waals surface area contributed by atoms with E-state index in [1.807, 2.05) is 17.1 Å². The molecule has 4 heterocycles. The number of esters is 1. The summed E-state index contributed by atoms with van der Waals surface area (Å²) in [4.78, 5) is 36.9. The maximum atomic E-state index is 12.3. The van der Waals surface area contributed by atoms with Crippen molar-refractivity contribution in [1.29, 1.82) is 0 Å². The number of carbonyl (C=O) groups is 3. The maximum Gasteiger partial charge on any atom is 0.354 e. The Morgan fingerprint density at radius 2 is 2.25 bits per heavy atom. The minimum atomic E-state index is -1.14. The van der Waals surface area contributed by atoms with Crippen LogP contribution in [0.2, 0.25) is 0 Å². The first-order valence-corrected chi connectivity index (χ1v) is 10.6. The number of β-lactam (4-membered cyclic amide) rings is 1. The molecule has 150 valence electrons. The summed E-state index contributed by atoms with van der Waals surface area (Å²) in [7, 11) is 1.34. The summed E-state index contributed by atoms with van der Waals surface area (Å²) in [6, 6.07) is 0. The van der Waals surface area contributed by atoms with E-state index in [9.17, 15) is 24.6 Å². The van der Waals surface area contributed by atoms with Crippen molar-refractivity contribution < 1.29 is 33.9 Å². The second kappa shape index (κ2) is 7.12. The first kappa shape index (κ1) is 19.3. The van der Waals surface area contributed by atoms with Crippen LogP contribution in [-0.4, -0.2) is 56.1 Å². The Morgan fingerprint density at radius 3 is 2.89 bits per heavy atom. The van der Waals surface area contributed by atoms with E-state index >= 15 is 0 Å². The first-order chi connectivity index (χ1) is 13.3.